The van der Waals surface area contributed by atoms with Gasteiger partial charge in [0.1, 0.15) is 5.65 Å². The predicted octanol–water partition coefficient (Wildman–Crippen LogP) is 2.59. The number of carbonyl (C=O) groups excluding carboxylic acids is 1. The van der Waals surface area contributed by atoms with Crippen molar-refractivity contribution >= 4 is 30.2 Å². The molecule has 0 saturated heterocycles. The normalized spacial score (nSPS) is 11.8. The van der Waals surface area contributed by atoms with Gasteiger partial charge >= 0.3 is 0 Å². The molecule has 0 spiro atoms. The predicted molar refractivity (Wildman–Crippen MR) is 86.3 cm³/mol. The maximum atomic E-state index is 12.7. The number of hydrogen-bond donors (Lipinski definition) is 1. The van der Waals surface area contributed by atoms with Gasteiger partial charge in [0.05, 0.1) is 13.6 Å². The largest absolute Gasteiger partial charge is 0.345 e. The third-order valence-electron chi connectivity index (χ3n) is 3.66. The highest BCUT2D eigenvalue weighted by Crippen LogP contribution is 2.19. The summed E-state index contributed by atoms with van der Waals surface area (Å²) in [5, 5.41) is 2.31. The Morgan fingerprint density at radius 3 is 2.50 bits per heavy atom. The van der Waals surface area contributed by atoms with Crippen LogP contribution < -0.4 is 5.19 Å². The molecule has 4 nitrogen and oxygen atoms in total. The zero-order chi connectivity index (χ0) is 14.9. The van der Waals surface area contributed by atoms with E-state index in [0.29, 0.717) is 0 Å². The minimum atomic E-state index is -1.52. The first kappa shape index (κ1) is 14.8. The van der Waals surface area contributed by atoms with Crippen LogP contribution in [0.4, 0.5) is 0 Å². The first-order chi connectivity index (χ1) is 9.40. The molecule has 0 atom stereocenters. The molecular weight excluding hydrogens is 266 g/mol. The van der Waals surface area contributed by atoms with Crippen molar-refractivity contribution in [1.82, 2.24) is 14.9 Å². The van der Waals surface area contributed by atoms with E-state index in [0.717, 1.165) is 29.7 Å². The third-order valence-corrected chi connectivity index (χ3v) is 5.70. The summed E-state index contributed by atoms with van der Waals surface area (Å²) in [4.78, 5) is 22.0. The van der Waals surface area contributed by atoms with Crippen molar-refractivity contribution in [3.05, 3.63) is 24.0 Å². The summed E-state index contributed by atoms with van der Waals surface area (Å²) in [5.74, 6) is 0.0914. The number of aromatic nitrogens is 2. The van der Waals surface area contributed by atoms with Crippen LogP contribution >= 0.6 is 0 Å². The Balaban J connectivity index is 2.64. The van der Waals surface area contributed by atoms with Gasteiger partial charge in [0, 0.05) is 30.9 Å². The number of carbonyl (C=O) groups is 1. The summed E-state index contributed by atoms with van der Waals surface area (Å²) in [6.07, 6.45) is 3.64. The highest BCUT2D eigenvalue weighted by atomic mass is 28.3. The van der Waals surface area contributed by atoms with Crippen molar-refractivity contribution in [3.8, 4) is 0 Å². The van der Waals surface area contributed by atoms with E-state index in [-0.39, 0.29) is 5.91 Å². The van der Waals surface area contributed by atoms with Crippen molar-refractivity contribution in [3.63, 3.8) is 0 Å². The molecule has 108 valence electrons. The Hall–Kier alpha value is -1.62. The number of pyridine rings is 1. The number of nitrogens with one attached hydrogen (secondary N) is 1. The second-order valence-electron chi connectivity index (χ2n) is 6.01. The van der Waals surface area contributed by atoms with E-state index in [1.165, 1.54) is 5.19 Å². The minimum Gasteiger partial charge on any atom is -0.345 e. The second-order valence-corrected chi connectivity index (χ2v) is 11.1. The highest BCUT2D eigenvalue weighted by molar-refractivity contribution is 6.90. The van der Waals surface area contributed by atoms with Crippen molar-refractivity contribution in [2.45, 2.75) is 33.5 Å². The molecule has 0 bridgehead atoms. The monoisotopic (exact) mass is 289 g/mol. The van der Waals surface area contributed by atoms with Crippen molar-refractivity contribution in [2.75, 3.05) is 13.1 Å². The first-order valence-electron chi connectivity index (χ1n) is 7.16. The molecule has 0 aromatic carbocycles. The molecule has 0 unspecified atom stereocenters. The summed E-state index contributed by atoms with van der Waals surface area (Å²) in [7, 11) is -1.52. The number of rotatable bonds is 4. The van der Waals surface area contributed by atoms with E-state index in [2.05, 4.69) is 35.7 Å². The fourth-order valence-corrected chi connectivity index (χ4v) is 4.11. The minimum absolute atomic E-state index is 0.0914. The Morgan fingerprint density at radius 1 is 1.30 bits per heavy atom. The maximum Gasteiger partial charge on any atom is 0.256 e. The van der Waals surface area contributed by atoms with Gasteiger partial charge in [0.2, 0.25) is 0 Å². The molecule has 2 rings (SSSR count). The fourth-order valence-electron chi connectivity index (χ4n) is 2.53. The molecule has 0 fully saturated rings. The first-order valence-corrected chi connectivity index (χ1v) is 10.7. The topological polar surface area (TPSA) is 49.0 Å². The molecule has 0 aliphatic rings. The van der Waals surface area contributed by atoms with Gasteiger partial charge in [0.25, 0.3) is 5.91 Å². The molecule has 1 N–H and O–H groups in total. The molecule has 20 heavy (non-hydrogen) atoms. The lowest BCUT2D eigenvalue weighted by Crippen LogP contribution is -2.39. The highest BCUT2D eigenvalue weighted by Gasteiger charge is 2.25. The molecule has 0 saturated carbocycles. The Kier molecular flexibility index (Phi) is 3.99. The summed E-state index contributed by atoms with van der Waals surface area (Å²) >= 11 is 0. The van der Waals surface area contributed by atoms with Gasteiger partial charge in [0.15, 0.2) is 0 Å². The standard InChI is InChI=1S/C15H23N3OSi/c1-6-18(7-2)15(19)11-10-17-14-13(11)12(8-9-16-14)20(3,4)5/h8-10H,6-7H2,1-5H3,(H,16,17). The van der Waals surface area contributed by atoms with E-state index in [1.807, 2.05) is 31.1 Å². The van der Waals surface area contributed by atoms with E-state index in [4.69, 9.17) is 0 Å². The van der Waals surface area contributed by atoms with E-state index < -0.39 is 8.07 Å². The average Bonchev–Trinajstić information content (AvgIpc) is 2.82. The van der Waals surface area contributed by atoms with Gasteiger partial charge in [-0.15, -0.1) is 0 Å². The zero-order valence-electron chi connectivity index (χ0n) is 12.9. The summed E-state index contributed by atoms with van der Waals surface area (Å²) in [5.41, 5.74) is 1.58. The van der Waals surface area contributed by atoms with E-state index >= 15 is 0 Å². The average molecular weight is 289 g/mol. The number of fused-ring (bicyclic) bond motifs is 1. The van der Waals surface area contributed by atoms with Gasteiger partial charge in [-0.25, -0.2) is 4.98 Å². The van der Waals surface area contributed by atoms with Gasteiger partial charge in [-0.1, -0.05) is 19.6 Å². The van der Waals surface area contributed by atoms with Crippen molar-refractivity contribution in [1.29, 1.82) is 0 Å². The smallest absolute Gasteiger partial charge is 0.256 e. The maximum absolute atomic E-state index is 12.7. The van der Waals surface area contributed by atoms with Gasteiger partial charge in [-0.05, 0) is 25.1 Å². The summed E-state index contributed by atoms with van der Waals surface area (Å²) < 4.78 is 0. The molecule has 0 radical (unpaired) electrons. The number of hydrogen-bond acceptors (Lipinski definition) is 2. The van der Waals surface area contributed by atoms with Gasteiger partial charge in [-0.3, -0.25) is 4.79 Å². The van der Waals surface area contributed by atoms with E-state index in [9.17, 15) is 4.79 Å². The van der Waals surface area contributed by atoms with Gasteiger partial charge < -0.3 is 9.88 Å². The molecule has 2 heterocycles. The lowest BCUT2D eigenvalue weighted by Gasteiger charge is -2.21. The Labute approximate surface area is 121 Å². The van der Waals surface area contributed by atoms with Gasteiger partial charge in [-0.2, -0.15) is 0 Å². The third kappa shape index (κ3) is 2.50. The Bertz CT molecular complexity index is 624. The van der Waals surface area contributed by atoms with E-state index in [1.54, 1.807) is 0 Å². The Morgan fingerprint density at radius 2 is 1.95 bits per heavy atom. The quantitative estimate of drug-likeness (QED) is 0.880. The van der Waals surface area contributed by atoms with Crippen LogP contribution in [0.5, 0.6) is 0 Å². The van der Waals surface area contributed by atoms with Crippen molar-refractivity contribution < 1.29 is 4.79 Å². The molecule has 2 aromatic rings. The lowest BCUT2D eigenvalue weighted by atomic mass is 10.2. The van der Waals surface area contributed by atoms with Crippen molar-refractivity contribution in [2.24, 2.45) is 0 Å². The zero-order valence-corrected chi connectivity index (χ0v) is 13.9. The molecule has 2 aromatic heterocycles. The number of nitrogens with zero attached hydrogens (tertiary/aromatic N) is 2. The van der Waals surface area contributed by atoms with Crippen LogP contribution in [-0.2, 0) is 0 Å². The molecule has 0 aliphatic heterocycles. The number of amides is 1. The summed E-state index contributed by atoms with van der Waals surface area (Å²) in [6.45, 7) is 12.3. The SMILES string of the molecule is CCN(CC)C(=O)c1c[nH]c2nccc([Si](C)(C)C)c12. The number of aromatic amines is 1. The second kappa shape index (κ2) is 5.40. The van der Waals surface area contributed by atoms with Crippen LogP contribution in [-0.4, -0.2) is 41.9 Å². The van der Waals surface area contributed by atoms with Crippen LogP contribution in [0.2, 0.25) is 19.6 Å². The lowest BCUT2D eigenvalue weighted by molar-refractivity contribution is 0.0775. The number of H-pyrrole nitrogens is 1. The summed E-state index contributed by atoms with van der Waals surface area (Å²) in [6, 6.07) is 2.07. The molecule has 5 heteroatoms. The van der Waals surface area contributed by atoms with Crippen LogP contribution in [0.15, 0.2) is 18.5 Å². The van der Waals surface area contributed by atoms with Crippen LogP contribution in [0.3, 0.4) is 0 Å². The molecule has 0 aliphatic carbocycles. The molecule has 1 amide bonds. The van der Waals surface area contributed by atoms with Crippen LogP contribution in [0.1, 0.15) is 24.2 Å². The fraction of sp³-hybridized carbons (Fsp3) is 0.467. The van der Waals surface area contributed by atoms with Crippen LogP contribution in [0.25, 0.3) is 11.0 Å². The van der Waals surface area contributed by atoms with Crippen LogP contribution in [0, 0.1) is 0 Å². The molecular formula is C15H23N3OSi.